The maximum absolute atomic E-state index is 6.06. The lowest BCUT2D eigenvalue weighted by Gasteiger charge is -2.24. The van der Waals surface area contributed by atoms with Crippen LogP contribution in [0.3, 0.4) is 0 Å². The van der Waals surface area contributed by atoms with E-state index in [0.717, 1.165) is 30.8 Å². The molecule has 2 atom stereocenters. The molecule has 3 rings (SSSR count). The number of nitrogens with one attached hydrogen (secondary N) is 1. The average Bonchev–Trinajstić information content (AvgIpc) is 3.07. The first-order chi connectivity index (χ1) is 9.26. The van der Waals surface area contributed by atoms with Crippen molar-refractivity contribution in [3.8, 4) is 10.6 Å². The minimum Gasteiger partial charge on any atom is -0.341 e. The molecule has 1 fully saturated rings. The number of aryl methyl sites for hydroxylation is 1. The summed E-state index contributed by atoms with van der Waals surface area (Å²) < 4.78 is 0. The van der Waals surface area contributed by atoms with Gasteiger partial charge in [0.2, 0.25) is 0 Å². The summed E-state index contributed by atoms with van der Waals surface area (Å²) in [6.07, 6.45) is 7.74. The van der Waals surface area contributed by atoms with Crippen LogP contribution in [0.1, 0.15) is 49.2 Å². The molecule has 2 aromatic heterocycles. The van der Waals surface area contributed by atoms with Gasteiger partial charge in [-0.15, -0.1) is 11.3 Å². The summed E-state index contributed by atoms with van der Waals surface area (Å²) in [6, 6.07) is 4.74. The van der Waals surface area contributed by atoms with Crippen molar-refractivity contribution in [2.24, 2.45) is 5.73 Å². The first kappa shape index (κ1) is 12.9. The van der Waals surface area contributed by atoms with Crippen molar-refractivity contribution >= 4 is 11.3 Å². The van der Waals surface area contributed by atoms with Gasteiger partial charge in [0.05, 0.1) is 16.8 Å². The van der Waals surface area contributed by atoms with Crippen molar-refractivity contribution in [2.45, 2.75) is 51.0 Å². The first-order valence-corrected chi connectivity index (χ1v) is 7.97. The monoisotopic (exact) mass is 275 g/mol. The van der Waals surface area contributed by atoms with Gasteiger partial charge in [-0.05, 0) is 37.8 Å². The number of thiophene rings is 1. The van der Waals surface area contributed by atoms with Gasteiger partial charge in [-0.1, -0.05) is 13.3 Å². The summed E-state index contributed by atoms with van der Waals surface area (Å²) in [5.41, 5.74) is 7.21. The van der Waals surface area contributed by atoms with Crippen LogP contribution in [0, 0.1) is 0 Å². The Morgan fingerprint density at radius 2 is 2.32 bits per heavy atom. The third kappa shape index (κ3) is 2.74. The van der Waals surface area contributed by atoms with Crippen LogP contribution < -0.4 is 5.73 Å². The predicted octanol–water partition coefficient (Wildman–Crippen LogP) is 3.69. The highest BCUT2D eigenvalue weighted by molar-refractivity contribution is 7.15. The highest BCUT2D eigenvalue weighted by Crippen LogP contribution is 2.33. The van der Waals surface area contributed by atoms with E-state index in [0.29, 0.717) is 12.0 Å². The molecule has 1 aliphatic carbocycles. The van der Waals surface area contributed by atoms with E-state index >= 15 is 0 Å². The Labute approximate surface area is 118 Å². The third-order valence-corrected chi connectivity index (χ3v) is 5.24. The van der Waals surface area contributed by atoms with E-state index in [4.69, 9.17) is 5.73 Å². The molecule has 0 radical (unpaired) electrons. The molecule has 0 aromatic carbocycles. The minimum atomic E-state index is 0.348. The number of imidazole rings is 1. The number of hydrogen-bond donors (Lipinski definition) is 2. The predicted molar refractivity (Wildman–Crippen MR) is 80.5 cm³/mol. The quantitative estimate of drug-likeness (QED) is 0.897. The van der Waals surface area contributed by atoms with Gasteiger partial charge in [0.25, 0.3) is 0 Å². The van der Waals surface area contributed by atoms with Gasteiger partial charge in [-0.2, -0.15) is 0 Å². The third-order valence-electron chi connectivity index (χ3n) is 3.97. The van der Waals surface area contributed by atoms with Gasteiger partial charge in [0.15, 0.2) is 0 Å². The molecule has 3 N–H and O–H groups in total. The van der Waals surface area contributed by atoms with Crippen LogP contribution >= 0.6 is 11.3 Å². The van der Waals surface area contributed by atoms with E-state index in [9.17, 15) is 0 Å². The largest absolute Gasteiger partial charge is 0.341 e. The van der Waals surface area contributed by atoms with Crippen LogP contribution in [-0.2, 0) is 6.42 Å². The molecule has 0 saturated heterocycles. The Morgan fingerprint density at radius 3 is 3.05 bits per heavy atom. The standard InChI is InChI=1S/C15H21N3S/c1-2-12-6-7-14(19-12)13-9-17-15(18-13)10-4-3-5-11(16)8-10/h6-7,9-11H,2-5,8,16H2,1H3,(H,17,18). The number of nitrogens with two attached hydrogens (primary N) is 1. The Hall–Kier alpha value is -1.13. The lowest BCUT2D eigenvalue weighted by Crippen LogP contribution is -2.27. The number of nitrogens with zero attached hydrogens (tertiary/aromatic N) is 1. The molecule has 19 heavy (non-hydrogen) atoms. The summed E-state index contributed by atoms with van der Waals surface area (Å²) in [5, 5.41) is 0. The van der Waals surface area contributed by atoms with E-state index in [2.05, 4.69) is 29.0 Å². The van der Waals surface area contributed by atoms with Gasteiger partial charge >= 0.3 is 0 Å². The van der Waals surface area contributed by atoms with Crippen LogP contribution in [0.5, 0.6) is 0 Å². The van der Waals surface area contributed by atoms with E-state index in [1.807, 2.05) is 17.5 Å². The van der Waals surface area contributed by atoms with E-state index in [1.54, 1.807) is 0 Å². The van der Waals surface area contributed by atoms with Crippen molar-refractivity contribution in [3.63, 3.8) is 0 Å². The Kier molecular flexibility index (Phi) is 3.71. The van der Waals surface area contributed by atoms with Crippen molar-refractivity contribution in [1.82, 2.24) is 9.97 Å². The molecule has 0 amide bonds. The van der Waals surface area contributed by atoms with Gasteiger partial charge in [0.1, 0.15) is 5.82 Å². The molecule has 4 heteroatoms. The zero-order valence-corrected chi connectivity index (χ0v) is 12.2. The van der Waals surface area contributed by atoms with Crippen molar-refractivity contribution < 1.29 is 0 Å². The zero-order chi connectivity index (χ0) is 13.2. The molecule has 2 heterocycles. The summed E-state index contributed by atoms with van der Waals surface area (Å²) in [5.74, 6) is 1.64. The van der Waals surface area contributed by atoms with E-state index < -0.39 is 0 Å². The number of H-pyrrole nitrogens is 1. The smallest absolute Gasteiger partial charge is 0.109 e. The van der Waals surface area contributed by atoms with Gasteiger partial charge in [-0.3, -0.25) is 0 Å². The molecule has 102 valence electrons. The number of aromatic nitrogens is 2. The normalized spacial score (nSPS) is 23.7. The fraction of sp³-hybridized carbons (Fsp3) is 0.533. The second-order valence-electron chi connectivity index (χ2n) is 5.43. The highest BCUT2D eigenvalue weighted by atomic mass is 32.1. The molecule has 3 nitrogen and oxygen atoms in total. The average molecular weight is 275 g/mol. The second kappa shape index (κ2) is 5.47. The van der Waals surface area contributed by atoms with Crippen molar-refractivity contribution in [1.29, 1.82) is 0 Å². The van der Waals surface area contributed by atoms with E-state index in [1.165, 1.54) is 22.6 Å². The van der Waals surface area contributed by atoms with Crippen LogP contribution in [-0.4, -0.2) is 16.0 Å². The first-order valence-electron chi connectivity index (χ1n) is 7.16. The molecule has 2 unspecified atom stereocenters. The van der Waals surface area contributed by atoms with Crippen LogP contribution in [0.4, 0.5) is 0 Å². The second-order valence-corrected chi connectivity index (χ2v) is 6.59. The topological polar surface area (TPSA) is 54.7 Å². The number of aromatic amines is 1. The summed E-state index contributed by atoms with van der Waals surface area (Å²) in [6.45, 7) is 2.19. The molecule has 1 saturated carbocycles. The molecule has 0 bridgehead atoms. The highest BCUT2D eigenvalue weighted by Gasteiger charge is 2.23. The molecular weight excluding hydrogens is 254 g/mol. The SMILES string of the molecule is CCc1ccc(-c2cnc(C3CCCC(N)C3)[nH]2)s1. The summed E-state index contributed by atoms with van der Waals surface area (Å²) in [4.78, 5) is 10.8. The Balaban J connectivity index is 1.78. The maximum Gasteiger partial charge on any atom is 0.109 e. The molecule has 0 aliphatic heterocycles. The van der Waals surface area contributed by atoms with Crippen molar-refractivity contribution in [3.05, 3.63) is 29.0 Å². The number of hydrogen-bond acceptors (Lipinski definition) is 3. The Morgan fingerprint density at radius 1 is 1.42 bits per heavy atom. The maximum atomic E-state index is 6.06. The lowest BCUT2D eigenvalue weighted by atomic mass is 9.86. The molecule has 0 spiro atoms. The van der Waals surface area contributed by atoms with Crippen LogP contribution in [0.25, 0.3) is 10.6 Å². The fourth-order valence-electron chi connectivity index (χ4n) is 2.86. The van der Waals surface area contributed by atoms with Gasteiger partial charge in [0, 0.05) is 16.8 Å². The minimum absolute atomic E-state index is 0.348. The van der Waals surface area contributed by atoms with Gasteiger partial charge < -0.3 is 10.7 Å². The summed E-state index contributed by atoms with van der Waals surface area (Å²) in [7, 11) is 0. The molecule has 1 aliphatic rings. The molecule has 2 aromatic rings. The number of rotatable bonds is 3. The van der Waals surface area contributed by atoms with Gasteiger partial charge in [-0.25, -0.2) is 4.98 Å². The molecular formula is C15H21N3S. The van der Waals surface area contributed by atoms with Crippen LogP contribution in [0.15, 0.2) is 18.3 Å². The Bertz CT molecular complexity index is 543. The lowest BCUT2D eigenvalue weighted by molar-refractivity contribution is 0.383. The van der Waals surface area contributed by atoms with E-state index in [-0.39, 0.29) is 0 Å². The summed E-state index contributed by atoms with van der Waals surface area (Å²) >= 11 is 1.85. The fourth-order valence-corrected chi connectivity index (χ4v) is 3.77. The van der Waals surface area contributed by atoms with Crippen molar-refractivity contribution in [2.75, 3.05) is 0 Å². The van der Waals surface area contributed by atoms with Crippen LogP contribution in [0.2, 0.25) is 0 Å². The zero-order valence-electron chi connectivity index (χ0n) is 11.4.